The van der Waals surface area contributed by atoms with Gasteiger partial charge in [0.25, 0.3) is 11.8 Å². The van der Waals surface area contributed by atoms with Crippen molar-refractivity contribution in [3.63, 3.8) is 0 Å². The van der Waals surface area contributed by atoms with Gasteiger partial charge in [-0.05, 0) is 37.8 Å². The van der Waals surface area contributed by atoms with Crippen LogP contribution in [-0.4, -0.2) is 145 Å². The summed E-state index contributed by atoms with van der Waals surface area (Å²) < 4.78 is 32.7. The Morgan fingerprint density at radius 3 is 1.67 bits per heavy atom. The minimum atomic E-state index is -0.924. The van der Waals surface area contributed by atoms with Crippen molar-refractivity contribution in [2.75, 3.05) is 97.7 Å². The number of imide groups is 1. The van der Waals surface area contributed by atoms with E-state index in [-0.39, 0.29) is 69.4 Å². The molecule has 1 aliphatic heterocycles. The molecule has 1 heterocycles. The maximum absolute atomic E-state index is 13.3. The van der Waals surface area contributed by atoms with E-state index in [0.29, 0.717) is 71.6 Å². The number of benzene rings is 1. The third kappa shape index (κ3) is 21.3. The molecule has 7 amide bonds. The van der Waals surface area contributed by atoms with Crippen molar-refractivity contribution in [1.82, 2.24) is 20.9 Å². The van der Waals surface area contributed by atoms with Crippen LogP contribution in [0, 0.1) is 12.8 Å². The molecule has 308 valence electrons. The van der Waals surface area contributed by atoms with Gasteiger partial charge in [0.15, 0.2) is 0 Å². The van der Waals surface area contributed by atoms with Crippen molar-refractivity contribution < 1.29 is 57.2 Å². The number of urea groups is 1. The molecule has 6 N–H and O–H groups in total. The van der Waals surface area contributed by atoms with Crippen LogP contribution in [0.15, 0.2) is 36.4 Å². The summed E-state index contributed by atoms with van der Waals surface area (Å²) in [6.45, 7) is 9.94. The maximum atomic E-state index is 13.3. The summed E-state index contributed by atoms with van der Waals surface area (Å²) in [5, 5.41) is 10.8. The van der Waals surface area contributed by atoms with Crippen molar-refractivity contribution in [3.05, 3.63) is 42.0 Å². The molecule has 1 aromatic rings. The monoisotopic (exact) mass is 778 g/mol. The second kappa shape index (κ2) is 28.0. The van der Waals surface area contributed by atoms with Gasteiger partial charge in [-0.1, -0.05) is 31.5 Å². The molecular weight excluding hydrogens is 720 g/mol. The molecule has 2 rings (SSSR count). The number of aryl methyl sites for hydroxylation is 1. The molecule has 18 nitrogen and oxygen atoms in total. The second-order valence-electron chi connectivity index (χ2n) is 12.7. The lowest BCUT2D eigenvalue weighted by atomic mass is 10.0. The van der Waals surface area contributed by atoms with Gasteiger partial charge in [-0.15, -0.1) is 0 Å². The second-order valence-corrected chi connectivity index (χ2v) is 12.7. The van der Waals surface area contributed by atoms with Gasteiger partial charge in [0.1, 0.15) is 12.1 Å². The number of rotatable bonds is 31. The Kier molecular flexibility index (Phi) is 23.8. The van der Waals surface area contributed by atoms with E-state index in [0.717, 1.165) is 10.5 Å². The normalized spacial score (nSPS) is 13.6. The maximum Gasteiger partial charge on any atom is 0.312 e. The Morgan fingerprint density at radius 2 is 1.18 bits per heavy atom. The number of nitrogens with zero attached hydrogens (tertiary/aromatic N) is 1. The summed E-state index contributed by atoms with van der Waals surface area (Å²) in [4.78, 5) is 74.1. The smallest absolute Gasteiger partial charge is 0.312 e. The first kappa shape index (κ1) is 46.7. The Labute approximate surface area is 322 Å². The number of anilines is 1. The minimum Gasteiger partial charge on any atom is -0.379 e. The molecular formula is C37H58N6O12. The zero-order valence-electron chi connectivity index (χ0n) is 32.1. The molecule has 0 aliphatic carbocycles. The summed E-state index contributed by atoms with van der Waals surface area (Å²) in [6.07, 6.45) is 3.11. The van der Waals surface area contributed by atoms with Gasteiger partial charge in [0.05, 0.1) is 85.8 Å². The van der Waals surface area contributed by atoms with Crippen LogP contribution < -0.4 is 27.0 Å². The largest absolute Gasteiger partial charge is 0.379 e. The van der Waals surface area contributed by atoms with Crippen LogP contribution in [0.25, 0.3) is 0 Å². The van der Waals surface area contributed by atoms with Gasteiger partial charge in [-0.2, -0.15) is 0 Å². The average Bonchev–Trinajstić information content (AvgIpc) is 3.47. The zero-order chi connectivity index (χ0) is 40.3. The summed E-state index contributed by atoms with van der Waals surface area (Å²) in [5.41, 5.74) is 6.73. The SMILES string of the molecule is Cc1ccc(NC(=O)[C@H](CCCNC(N)=O)NC(=O)[C@@H](NC(=O)CCOCCOCCOCCOCCOCCOCCN2C(=O)C=CC2=O)C(C)C)cc1. The Bertz CT molecular complexity index is 1340. The van der Waals surface area contributed by atoms with E-state index in [4.69, 9.17) is 34.2 Å². The van der Waals surface area contributed by atoms with Crippen LogP contribution in [0.3, 0.4) is 0 Å². The fourth-order valence-electron chi connectivity index (χ4n) is 4.87. The number of hydrogen-bond donors (Lipinski definition) is 5. The van der Waals surface area contributed by atoms with Gasteiger partial charge in [-0.25, -0.2) is 4.79 Å². The average molecular weight is 779 g/mol. The minimum absolute atomic E-state index is 0.0256. The molecule has 0 aromatic heterocycles. The van der Waals surface area contributed by atoms with Crippen molar-refractivity contribution in [2.24, 2.45) is 11.7 Å². The standard InChI is InChI=1S/C37H58N6O12/c1-27(2)34(36(48)41-30(5-4-13-39-37(38)49)35(47)40-29-8-6-28(3)7-9-29)42-31(44)12-15-50-17-19-52-21-23-54-25-26-55-24-22-53-20-18-51-16-14-43-32(45)10-11-33(43)46/h6-11,27,30,34H,4-5,12-26H2,1-3H3,(H,40,47)(H,41,48)(H,42,44)(H3,38,39,49)/t30-,34-/m0/s1. The number of carbonyl (C=O) groups excluding carboxylic acids is 6. The van der Waals surface area contributed by atoms with E-state index < -0.39 is 29.9 Å². The van der Waals surface area contributed by atoms with E-state index >= 15 is 0 Å². The molecule has 1 aliphatic rings. The summed E-state index contributed by atoms with van der Waals surface area (Å²) in [6, 6.07) is 4.73. The molecule has 0 spiro atoms. The number of carbonyl (C=O) groups is 6. The Balaban J connectivity index is 1.50. The third-order valence-electron chi connectivity index (χ3n) is 7.88. The van der Waals surface area contributed by atoms with E-state index in [1.54, 1.807) is 26.0 Å². The number of nitrogens with one attached hydrogen (secondary N) is 4. The number of nitrogens with two attached hydrogens (primary N) is 1. The lowest BCUT2D eigenvalue weighted by Crippen LogP contribution is -2.54. The molecule has 1 aromatic carbocycles. The Hall–Kier alpha value is -4.46. The van der Waals surface area contributed by atoms with Gasteiger partial charge < -0.3 is 55.4 Å². The molecule has 18 heteroatoms. The number of amides is 7. The van der Waals surface area contributed by atoms with Crippen LogP contribution >= 0.6 is 0 Å². The molecule has 0 fully saturated rings. The van der Waals surface area contributed by atoms with Gasteiger partial charge in [0, 0.05) is 30.8 Å². The summed E-state index contributed by atoms with van der Waals surface area (Å²) >= 11 is 0. The van der Waals surface area contributed by atoms with Crippen molar-refractivity contribution >= 4 is 41.3 Å². The third-order valence-corrected chi connectivity index (χ3v) is 7.88. The highest BCUT2D eigenvalue weighted by molar-refractivity contribution is 6.12. The lowest BCUT2D eigenvalue weighted by Gasteiger charge is -2.25. The van der Waals surface area contributed by atoms with Crippen LogP contribution in [0.2, 0.25) is 0 Å². The summed E-state index contributed by atoms with van der Waals surface area (Å²) in [5.74, 6) is -2.24. The zero-order valence-corrected chi connectivity index (χ0v) is 32.1. The van der Waals surface area contributed by atoms with E-state index in [2.05, 4.69) is 21.3 Å². The highest BCUT2D eigenvalue weighted by Gasteiger charge is 2.29. The van der Waals surface area contributed by atoms with Crippen LogP contribution in [0.5, 0.6) is 0 Å². The predicted octanol–water partition coefficient (Wildman–Crippen LogP) is 0.422. The predicted molar refractivity (Wildman–Crippen MR) is 201 cm³/mol. The topological polar surface area (TPSA) is 235 Å². The van der Waals surface area contributed by atoms with Gasteiger partial charge in [0.2, 0.25) is 17.7 Å². The quantitative estimate of drug-likeness (QED) is 0.0510. The summed E-state index contributed by atoms with van der Waals surface area (Å²) in [7, 11) is 0. The van der Waals surface area contributed by atoms with Crippen LogP contribution in [0.1, 0.15) is 38.7 Å². The van der Waals surface area contributed by atoms with Crippen molar-refractivity contribution in [2.45, 2.75) is 52.1 Å². The van der Waals surface area contributed by atoms with Crippen molar-refractivity contribution in [3.8, 4) is 0 Å². The first-order valence-electron chi connectivity index (χ1n) is 18.5. The van der Waals surface area contributed by atoms with Gasteiger partial charge in [-0.3, -0.25) is 28.9 Å². The van der Waals surface area contributed by atoms with E-state index in [9.17, 15) is 28.8 Å². The highest BCUT2D eigenvalue weighted by atomic mass is 16.6. The van der Waals surface area contributed by atoms with E-state index in [1.807, 2.05) is 19.1 Å². The lowest BCUT2D eigenvalue weighted by molar-refractivity contribution is -0.137. The number of ether oxygens (including phenoxy) is 6. The van der Waals surface area contributed by atoms with E-state index in [1.165, 1.54) is 12.2 Å². The molecule has 0 bridgehead atoms. The Morgan fingerprint density at radius 1 is 0.691 bits per heavy atom. The van der Waals surface area contributed by atoms with Crippen LogP contribution in [-0.2, 0) is 52.4 Å². The molecule has 0 saturated carbocycles. The molecule has 2 atom stereocenters. The molecule has 55 heavy (non-hydrogen) atoms. The first-order chi connectivity index (χ1) is 26.5. The van der Waals surface area contributed by atoms with Crippen molar-refractivity contribution in [1.29, 1.82) is 0 Å². The molecule has 0 unspecified atom stereocenters. The van der Waals surface area contributed by atoms with Gasteiger partial charge >= 0.3 is 6.03 Å². The number of primary amides is 1. The highest BCUT2D eigenvalue weighted by Crippen LogP contribution is 2.11. The molecule has 0 saturated heterocycles. The van der Waals surface area contributed by atoms with Crippen LogP contribution in [0.4, 0.5) is 10.5 Å². The fraction of sp³-hybridized carbons (Fsp3) is 0.622. The fourth-order valence-corrected chi connectivity index (χ4v) is 4.87. The number of hydrogen-bond acceptors (Lipinski definition) is 12. The first-order valence-corrected chi connectivity index (χ1v) is 18.5. The molecule has 0 radical (unpaired) electrons.